The molecule has 0 spiro atoms. The van der Waals surface area contributed by atoms with Crippen LogP contribution in [0.5, 0.6) is 0 Å². The van der Waals surface area contributed by atoms with E-state index in [0.717, 1.165) is 34.1 Å². The van der Waals surface area contributed by atoms with E-state index in [4.69, 9.17) is 4.52 Å². The van der Waals surface area contributed by atoms with E-state index in [-0.39, 0.29) is 5.91 Å². The number of thiazole rings is 1. The zero-order valence-electron chi connectivity index (χ0n) is 11.5. The minimum atomic E-state index is -0.0882. The molecule has 0 aliphatic heterocycles. The molecule has 0 atom stereocenters. The maximum absolute atomic E-state index is 12.1. The second-order valence-electron chi connectivity index (χ2n) is 4.36. The molecule has 0 saturated carbocycles. The number of carbonyl (C=O) groups excluding carboxylic acids is 1. The maximum atomic E-state index is 12.1. The summed E-state index contributed by atoms with van der Waals surface area (Å²) in [5, 5.41) is 7.74. The van der Waals surface area contributed by atoms with Gasteiger partial charge >= 0.3 is 0 Å². The molecule has 0 aromatic carbocycles. The molecule has 1 N–H and O–H groups in total. The summed E-state index contributed by atoms with van der Waals surface area (Å²) in [5.41, 5.74) is 2.54. The van der Waals surface area contributed by atoms with Crippen LogP contribution in [0.25, 0.3) is 0 Å². The van der Waals surface area contributed by atoms with E-state index in [1.807, 2.05) is 27.7 Å². The molecule has 2 aromatic rings. The van der Waals surface area contributed by atoms with Crippen molar-refractivity contribution in [3.8, 4) is 0 Å². The third kappa shape index (κ3) is 2.84. The summed E-state index contributed by atoms with van der Waals surface area (Å²) in [6.07, 6.45) is 0.850. The molecule has 0 bridgehead atoms. The summed E-state index contributed by atoms with van der Waals surface area (Å²) in [6.45, 7) is 8.03. The van der Waals surface area contributed by atoms with Crippen molar-refractivity contribution in [2.24, 2.45) is 0 Å². The van der Waals surface area contributed by atoms with Crippen LogP contribution in [0.3, 0.4) is 0 Å². The zero-order valence-corrected chi connectivity index (χ0v) is 12.3. The normalized spacial score (nSPS) is 10.7. The van der Waals surface area contributed by atoms with E-state index in [9.17, 15) is 4.79 Å². The lowest BCUT2D eigenvalue weighted by molar-refractivity contribution is 0.0954. The van der Waals surface area contributed by atoms with Crippen molar-refractivity contribution in [3.63, 3.8) is 0 Å². The van der Waals surface area contributed by atoms with Crippen molar-refractivity contribution in [2.75, 3.05) is 0 Å². The number of amides is 1. The predicted octanol–water partition coefficient (Wildman–Crippen LogP) is 2.55. The Kier molecular flexibility index (Phi) is 3.99. The molecule has 0 saturated heterocycles. The number of carbonyl (C=O) groups is 1. The summed E-state index contributed by atoms with van der Waals surface area (Å²) in [6, 6.07) is 0. The molecular formula is C13H17N3O2S. The molecule has 0 unspecified atom stereocenters. The van der Waals surface area contributed by atoms with Crippen LogP contribution in [0.4, 0.5) is 0 Å². The largest absolute Gasteiger partial charge is 0.361 e. The molecule has 0 aliphatic rings. The van der Waals surface area contributed by atoms with Gasteiger partial charge in [-0.1, -0.05) is 12.1 Å². The van der Waals surface area contributed by atoms with Crippen LogP contribution in [0.15, 0.2) is 4.52 Å². The van der Waals surface area contributed by atoms with Gasteiger partial charge in [0.15, 0.2) is 0 Å². The highest BCUT2D eigenvalue weighted by Crippen LogP contribution is 2.19. The summed E-state index contributed by atoms with van der Waals surface area (Å²) in [5.74, 6) is 0.655. The van der Waals surface area contributed by atoms with Crippen molar-refractivity contribution < 1.29 is 9.32 Å². The van der Waals surface area contributed by atoms with Crippen LogP contribution in [0, 0.1) is 20.8 Å². The van der Waals surface area contributed by atoms with Crippen LogP contribution < -0.4 is 5.32 Å². The van der Waals surface area contributed by atoms with E-state index >= 15 is 0 Å². The molecule has 0 aliphatic carbocycles. The van der Waals surface area contributed by atoms with Crippen LogP contribution in [0.1, 0.15) is 44.3 Å². The molecule has 2 heterocycles. The third-order valence-electron chi connectivity index (χ3n) is 2.96. The van der Waals surface area contributed by atoms with Gasteiger partial charge in [-0.15, -0.1) is 11.3 Å². The lowest BCUT2D eigenvalue weighted by Crippen LogP contribution is -2.23. The van der Waals surface area contributed by atoms with Crippen molar-refractivity contribution in [3.05, 3.63) is 32.6 Å². The number of nitrogens with zero attached hydrogens (tertiary/aromatic N) is 2. The first kappa shape index (κ1) is 13.7. The van der Waals surface area contributed by atoms with Crippen LogP contribution >= 0.6 is 11.3 Å². The lowest BCUT2D eigenvalue weighted by atomic mass is 10.2. The number of aryl methyl sites for hydroxylation is 4. The summed E-state index contributed by atoms with van der Waals surface area (Å²) in [7, 11) is 0. The Labute approximate surface area is 116 Å². The molecule has 5 nitrogen and oxygen atoms in total. The number of nitrogens with one attached hydrogen (secondary N) is 1. The smallest absolute Gasteiger partial charge is 0.263 e. The van der Waals surface area contributed by atoms with E-state index in [1.165, 1.54) is 11.3 Å². The Hall–Kier alpha value is -1.69. The monoisotopic (exact) mass is 279 g/mol. The fourth-order valence-corrected chi connectivity index (χ4v) is 2.74. The van der Waals surface area contributed by atoms with Gasteiger partial charge in [-0.25, -0.2) is 4.98 Å². The first-order chi connectivity index (χ1) is 9.02. The topological polar surface area (TPSA) is 68.0 Å². The highest BCUT2D eigenvalue weighted by molar-refractivity contribution is 7.13. The van der Waals surface area contributed by atoms with Crippen molar-refractivity contribution >= 4 is 17.2 Å². The van der Waals surface area contributed by atoms with Gasteiger partial charge in [-0.3, -0.25) is 4.79 Å². The zero-order chi connectivity index (χ0) is 14.0. The highest BCUT2D eigenvalue weighted by atomic mass is 32.1. The fourth-order valence-electron chi connectivity index (χ4n) is 1.82. The van der Waals surface area contributed by atoms with Gasteiger partial charge in [0.2, 0.25) is 0 Å². The number of aromatic nitrogens is 2. The SMILES string of the molecule is CCc1nc(C)c(C(=O)NCc2c(C)noc2C)s1. The molecule has 2 aromatic heterocycles. The molecule has 6 heteroatoms. The van der Waals surface area contributed by atoms with Crippen LogP contribution in [-0.4, -0.2) is 16.0 Å². The van der Waals surface area contributed by atoms with Crippen molar-refractivity contribution in [1.82, 2.24) is 15.5 Å². The van der Waals surface area contributed by atoms with E-state index in [2.05, 4.69) is 15.5 Å². The van der Waals surface area contributed by atoms with Gasteiger partial charge in [0, 0.05) is 12.1 Å². The van der Waals surface area contributed by atoms with Crippen LogP contribution in [-0.2, 0) is 13.0 Å². The predicted molar refractivity (Wildman–Crippen MR) is 73.4 cm³/mol. The van der Waals surface area contributed by atoms with E-state index < -0.39 is 0 Å². The standard InChI is InChI=1S/C13H17N3O2S/c1-5-11-15-8(3)12(19-11)13(17)14-6-10-7(2)16-18-9(10)4/h5-6H2,1-4H3,(H,14,17). The van der Waals surface area contributed by atoms with Gasteiger partial charge in [-0.2, -0.15) is 0 Å². The second kappa shape index (κ2) is 5.52. The number of hydrogen-bond acceptors (Lipinski definition) is 5. The minimum Gasteiger partial charge on any atom is -0.361 e. The second-order valence-corrected chi connectivity index (χ2v) is 5.44. The maximum Gasteiger partial charge on any atom is 0.263 e. The number of rotatable bonds is 4. The van der Waals surface area contributed by atoms with Gasteiger partial charge in [-0.05, 0) is 27.2 Å². The molecule has 0 fully saturated rings. The van der Waals surface area contributed by atoms with Crippen molar-refractivity contribution in [2.45, 2.75) is 40.7 Å². The molecular weight excluding hydrogens is 262 g/mol. The Morgan fingerprint density at radius 3 is 2.58 bits per heavy atom. The number of hydrogen-bond donors (Lipinski definition) is 1. The van der Waals surface area contributed by atoms with Gasteiger partial charge < -0.3 is 9.84 Å². The fraction of sp³-hybridized carbons (Fsp3) is 0.462. The molecule has 0 radical (unpaired) electrons. The first-order valence-electron chi connectivity index (χ1n) is 6.19. The summed E-state index contributed by atoms with van der Waals surface area (Å²) in [4.78, 5) is 17.2. The minimum absolute atomic E-state index is 0.0882. The van der Waals surface area contributed by atoms with Gasteiger partial charge in [0.1, 0.15) is 10.6 Å². The first-order valence-corrected chi connectivity index (χ1v) is 7.00. The molecule has 1 amide bonds. The summed E-state index contributed by atoms with van der Waals surface area (Å²) >= 11 is 1.45. The lowest BCUT2D eigenvalue weighted by Gasteiger charge is -2.03. The average molecular weight is 279 g/mol. The molecule has 2 rings (SSSR count). The Morgan fingerprint density at radius 1 is 1.32 bits per heavy atom. The van der Waals surface area contributed by atoms with Gasteiger partial charge in [0.05, 0.1) is 16.4 Å². The summed E-state index contributed by atoms with van der Waals surface area (Å²) < 4.78 is 5.07. The Bertz CT molecular complexity index is 582. The Balaban J connectivity index is 2.07. The van der Waals surface area contributed by atoms with E-state index in [0.29, 0.717) is 11.4 Å². The van der Waals surface area contributed by atoms with Crippen LogP contribution in [0.2, 0.25) is 0 Å². The third-order valence-corrected chi connectivity index (χ3v) is 4.26. The molecule has 19 heavy (non-hydrogen) atoms. The Morgan fingerprint density at radius 2 is 2.05 bits per heavy atom. The van der Waals surface area contributed by atoms with E-state index in [1.54, 1.807) is 0 Å². The highest BCUT2D eigenvalue weighted by Gasteiger charge is 2.16. The molecule has 102 valence electrons. The van der Waals surface area contributed by atoms with Crippen molar-refractivity contribution in [1.29, 1.82) is 0 Å². The average Bonchev–Trinajstić information content (AvgIpc) is 2.91. The quantitative estimate of drug-likeness (QED) is 0.934. The van der Waals surface area contributed by atoms with Gasteiger partial charge in [0.25, 0.3) is 5.91 Å².